The first kappa shape index (κ1) is 22.7. The van der Waals surface area contributed by atoms with Gasteiger partial charge in [0, 0.05) is 17.5 Å². The van der Waals surface area contributed by atoms with E-state index < -0.39 is 6.04 Å². The van der Waals surface area contributed by atoms with Crippen molar-refractivity contribution in [1.29, 1.82) is 0 Å². The summed E-state index contributed by atoms with van der Waals surface area (Å²) in [5, 5.41) is 7.53. The molecule has 2 fully saturated rings. The molecule has 5 rings (SSSR count). The van der Waals surface area contributed by atoms with Crippen LogP contribution in [0.15, 0.2) is 54.6 Å². The summed E-state index contributed by atoms with van der Waals surface area (Å²) in [5.74, 6) is 0.638. The molecule has 2 heterocycles. The molecule has 1 aliphatic carbocycles. The lowest BCUT2D eigenvalue weighted by Crippen LogP contribution is -2.55. The number of nitrogens with zero attached hydrogens (tertiary/aromatic N) is 1. The van der Waals surface area contributed by atoms with E-state index in [9.17, 15) is 9.59 Å². The van der Waals surface area contributed by atoms with Crippen LogP contribution in [0.5, 0.6) is 5.75 Å². The SMILES string of the molecule is COc1cccc(C(=O)N[C@H](C(=O)c2nc(C3CC3)sc2-c2ccccc2)C2CCCCN2)c1. The molecule has 0 radical (unpaired) electrons. The largest absolute Gasteiger partial charge is 0.497 e. The number of rotatable bonds is 8. The van der Waals surface area contributed by atoms with Crippen LogP contribution < -0.4 is 15.4 Å². The van der Waals surface area contributed by atoms with Crippen LogP contribution >= 0.6 is 11.3 Å². The van der Waals surface area contributed by atoms with Gasteiger partial charge in [0.15, 0.2) is 0 Å². The van der Waals surface area contributed by atoms with Crippen molar-refractivity contribution in [3.63, 3.8) is 0 Å². The average molecular weight is 476 g/mol. The number of Topliss-reactive ketones (excluding diaryl/α,β-unsaturated/α-hetero) is 1. The van der Waals surface area contributed by atoms with Crippen molar-refractivity contribution >= 4 is 23.0 Å². The first-order valence-corrected chi connectivity index (χ1v) is 12.7. The van der Waals surface area contributed by atoms with E-state index in [0.29, 0.717) is 22.9 Å². The van der Waals surface area contributed by atoms with E-state index in [-0.39, 0.29) is 17.7 Å². The van der Waals surface area contributed by atoms with E-state index in [2.05, 4.69) is 10.6 Å². The molecule has 1 unspecified atom stereocenters. The van der Waals surface area contributed by atoms with Crippen LogP contribution in [0.4, 0.5) is 0 Å². The molecule has 1 aliphatic heterocycles. The molecule has 2 aliphatic rings. The Morgan fingerprint density at radius 3 is 2.62 bits per heavy atom. The molecule has 6 nitrogen and oxygen atoms in total. The van der Waals surface area contributed by atoms with Crippen LogP contribution in [-0.4, -0.2) is 42.4 Å². The number of benzene rings is 2. The Morgan fingerprint density at radius 1 is 1.09 bits per heavy atom. The molecule has 7 heteroatoms. The van der Waals surface area contributed by atoms with E-state index in [1.54, 1.807) is 42.7 Å². The van der Waals surface area contributed by atoms with Gasteiger partial charge >= 0.3 is 0 Å². The topological polar surface area (TPSA) is 80.3 Å². The normalized spacial score (nSPS) is 18.8. The van der Waals surface area contributed by atoms with Gasteiger partial charge in [-0.3, -0.25) is 9.59 Å². The predicted molar refractivity (Wildman–Crippen MR) is 134 cm³/mol. The summed E-state index contributed by atoms with van der Waals surface area (Å²) in [6, 6.07) is 16.1. The van der Waals surface area contributed by atoms with Gasteiger partial charge in [-0.1, -0.05) is 42.8 Å². The lowest BCUT2D eigenvalue weighted by Gasteiger charge is -2.31. The molecule has 2 aromatic carbocycles. The number of nitrogens with one attached hydrogen (secondary N) is 2. The number of carbonyl (C=O) groups excluding carboxylic acids is 2. The summed E-state index contributed by atoms with van der Waals surface area (Å²) in [7, 11) is 1.57. The Bertz CT molecular complexity index is 1170. The third-order valence-electron chi connectivity index (χ3n) is 6.49. The van der Waals surface area contributed by atoms with Gasteiger partial charge in [-0.25, -0.2) is 4.98 Å². The first-order chi connectivity index (χ1) is 16.6. The minimum atomic E-state index is -0.699. The molecule has 2 atom stereocenters. The fourth-order valence-corrected chi connectivity index (χ4v) is 5.69. The van der Waals surface area contributed by atoms with Crippen LogP contribution in [0.1, 0.15) is 63.9 Å². The lowest BCUT2D eigenvalue weighted by molar-refractivity contribution is 0.0823. The highest BCUT2D eigenvalue weighted by Gasteiger charge is 2.36. The van der Waals surface area contributed by atoms with Gasteiger partial charge in [-0.05, 0) is 56.0 Å². The van der Waals surface area contributed by atoms with Gasteiger partial charge in [0.1, 0.15) is 17.5 Å². The van der Waals surface area contributed by atoms with Crippen molar-refractivity contribution in [1.82, 2.24) is 15.6 Å². The molecule has 34 heavy (non-hydrogen) atoms. The van der Waals surface area contributed by atoms with Crippen LogP contribution in [-0.2, 0) is 0 Å². The zero-order chi connectivity index (χ0) is 23.5. The average Bonchev–Trinajstić information content (AvgIpc) is 3.66. The van der Waals surface area contributed by atoms with Crippen LogP contribution in [0.25, 0.3) is 10.4 Å². The quantitative estimate of drug-likeness (QED) is 0.457. The van der Waals surface area contributed by atoms with Crippen LogP contribution in [0.3, 0.4) is 0 Å². The van der Waals surface area contributed by atoms with Crippen molar-refractivity contribution in [2.24, 2.45) is 0 Å². The molecule has 1 aromatic heterocycles. The fraction of sp³-hybridized carbons (Fsp3) is 0.370. The number of hydrogen-bond donors (Lipinski definition) is 2. The molecular weight excluding hydrogens is 446 g/mol. The lowest BCUT2D eigenvalue weighted by atomic mass is 9.92. The number of thiazole rings is 1. The summed E-state index contributed by atoms with van der Waals surface area (Å²) >= 11 is 1.61. The van der Waals surface area contributed by atoms with E-state index in [1.165, 1.54) is 0 Å². The molecule has 0 spiro atoms. The Kier molecular flexibility index (Phi) is 6.74. The number of hydrogen-bond acceptors (Lipinski definition) is 6. The van der Waals surface area contributed by atoms with Gasteiger partial charge in [0.25, 0.3) is 5.91 Å². The van der Waals surface area contributed by atoms with Gasteiger partial charge in [-0.15, -0.1) is 11.3 Å². The zero-order valence-electron chi connectivity index (χ0n) is 19.3. The van der Waals surface area contributed by atoms with Crippen molar-refractivity contribution < 1.29 is 14.3 Å². The maximum Gasteiger partial charge on any atom is 0.252 e. The van der Waals surface area contributed by atoms with Crippen molar-refractivity contribution in [2.45, 2.75) is 50.1 Å². The third kappa shape index (κ3) is 4.91. The first-order valence-electron chi connectivity index (χ1n) is 11.9. The second-order valence-electron chi connectivity index (χ2n) is 8.97. The second kappa shape index (κ2) is 10.1. The standard InChI is InChI=1S/C27H29N3O3S/c1-33-20-11-7-10-19(16-20)26(32)29-22(21-12-5-6-15-28-21)24(31)23-25(17-8-3-2-4-9-17)34-27(30-23)18-13-14-18/h2-4,7-11,16,18,21-22,28H,5-6,12-15H2,1H3,(H,29,32)/t21?,22-/m0/s1. The van der Waals surface area contributed by atoms with Gasteiger partial charge < -0.3 is 15.4 Å². The number of ether oxygens (including phenoxy) is 1. The number of aromatic nitrogens is 1. The number of amides is 1. The van der Waals surface area contributed by atoms with Gasteiger partial charge in [-0.2, -0.15) is 0 Å². The monoisotopic (exact) mass is 475 g/mol. The third-order valence-corrected chi connectivity index (χ3v) is 7.76. The number of ketones is 1. The molecular formula is C27H29N3O3S. The van der Waals surface area contributed by atoms with E-state index in [4.69, 9.17) is 9.72 Å². The highest BCUT2D eigenvalue weighted by Crippen LogP contribution is 2.45. The fourth-order valence-electron chi connectivity index (χ4n) is 4.44. The zero-order valence-corrected chi connectivity index (χ0v) is 20.1. The Labute approximate surface area is 203 Å². The van der Waals surface area contributed by atoms with Crippen molar-refractivity contribution in [3.05, 3.63) is 70.9 Å². The summed E-state index contributed by atoms with van der Waals surface area (Å²) < 4.78 is 5.27. The molecule has 0 bridgehead atoms. The molecule has 176 valence electrons. The molecule has 2 N–H and O–H groups in total. The summed E-state index contributed by atoms with van der Waals surface area (Å²) in [5.41, 5.74) is 1.93. The number of methoxy groups -OCH3 is 1. The minimum Gasteiger partial charge on any atom is -0.497 e. The van der Waals surface area contributed by atoms with Crippen LogP contribution in [0, 0.1) is 0 Å². The number of carbonyl (C=O) groups is 2. The maximum absolute atomic E-state index is 14.0. The van der Waals surface area contributed by atoms with E-state index >= 15 is 0 Å². The second-order valence-corrected chi connectivity index (χ2v) is 10.0. The Morgan fingerprint density at radius 2 is 1.91 bits per heavy atom. The highest BCUT2D eigenvalue weighted by atomic mass is 32.1. The smallest absolute Gasteiger partial charge is 0.252 e. The Hall–Kier alpha value is -3.03. The van der Waals surface area contributed by atoms with Crippen molar-refractivity contribution in [2.75, 3.05) is 13.7 Å². The highest BCUT2D eigenvalue weighted by molar-refractivity contribution is 7.15. The molecule has 1 amide bonds. The summed E-state index contributed by atoms with van der Waals surface area (Å²) in [4.78, 5) is 33.0. The molecule has 1 saturated heterocycles. The number of piperidine rings is 1. The van der Waals surface area contributed by atoms with Gasteiger partial charge in [0.2, 0.25) is 5.78 Å². The molecule has 3 aromatic rings. The minimum absolute atomic E-state index is 0.127. The maximum atomic E-state index is 14.0. The van der Waals surface area contributed by atoms with E-state index in [1.807, 2.05) is 30.3 Å². The van der Waals surface area contributed by atoms with E-state index in [0.717, 1.165) is 54.1 Å². The predicted octanol–water partition coefficient (Wildman–Crippen LogP) is 4.82. The summed E-state index contributed by atoms with van der Waals surface area (Å²) in [6.07, 6.45) is 5.16. The molecule has 1 saturated carbocycles. The van der Waals surface area contributed by atoms with Gasteiger partial charge in [0.05, 0.1) is 17.0 Å². The Balaban J connectivity index is 1.49. The van der Waals surface area contributed by atoms with Crippen molar-refractivity contribution in [3.8, 4) is 16.2 Å². The summed E-state index contributed by atoms with van der Waals surface area (Å²) in [6.45, 7) is 0.833. The van der Waals surface area contributed by atoms with Crippen LogP contribution in [0.2, 0.25) is 0 Å².